The fourth-order valence-electron chi connectivity index (χ4n) is 3.80. The molecule has 1 aromatic carbocycles. The van der Waals surface area contributed by atoms with Crippen LogP contribution in [0, 0.1) is 12.7 Å². The first-order valence-electron chi connectivity index (χ1n) is 9.88. The number of hydrogen-bond donors (Lipinski definition) is 2. The van der Waals surface area contributed by atoms with Gasteiger partial charge in [0.15, 0.2) is 11.5 Å². The SMILES string of the molecule is Cc1cc(F)cc(-c2cncc3[nH]c(-c4n[nH]c5ccc(-c6cncnc6)nc45)nc23)c1. The topological polar surface area (TPSA) is 109 Å². The molecule has 0 saturated heterocycles. The summed E-state index contributed by atoms with van der Waals surface area (Å²) in [6, 6.07) is 8.68. The second-order valence-corrected chi connectivity index (χ2v) is 7.48. The van der Waals surface area contributed by atoms with Crippen LogP contribution in [0.15, 0.2) is 61.4 Å². The molecule has 6 rings (SSSR count). The summed E-state index contributed by atoms with van der Waals surface area (Å²) in [5.41, 5.74) is 7.25. The molecule has 0 aliphatic carbocycles. The molecule has 32 heavy (non-hydrogen) atoms. The number of aryl methyl sites for hydroxylation is 1. The molecule has 154 valence electrons. The minimum absolute atomic E-state index is 0.298. The predicted octanol–water partition coefficient (Wildman–Crippen LogP) is 4.47. The zero-order valence-corrected chi connectivity index (χ0v) is 16.8. The predicted molar refractivity (Wildman–Crippen MR) is 118 cm³/mol. The molecule has 0 aliphatic rings. The van der Waals surface area contributed by atoms with Crippen LogP contribution in [0.25, 0.3) is 56.0 Å². The van der Waals surface area contributed by atoms with Crippen LogP contribution < -0.4 is 0 Å². The number of fused-ring (bicyclic) bond motifs is 2. The van der Waals surface area contributed by atoms with E-state index in [0.717, 1.165) is 39.0 Å². The minimum Gasteiger partial charge on any atom is -0.335 e. The third-order valence-corrected chi connectivity index (χ3v) is 5.24. The second kappa shape index (κ2) is 7.02. The Morgan fingerprint density at radius 3 is 2.53 bits per heavy atom. The van der Waals surface area contributed by atoms with E-state index in [0.29, 0.717) is 22.6 Å². The average Bonchev–Trinajstić information content (AvgIpc) is 3.42. The number of aromatic amines is 2. The van der Waals surface area contributed by atoms with Crippen LogP contribution in [0.3, 0.4) is 0 Å². The van der Waals surface area contributed by atoms with Gasteiger partial charge >= 0.3 is 0 Å². The van der Waals surface area contributed by atoms with Crippen molar-refractivity contribution in [1.29, 1.82) is 0 Å². The molecule has 8 nitrogen and oxygen atoms in total. The molecule has 5 aromatic heterocycles. The van der Waals surface area contributed by atoms with Gasteiger partial charge in [0.2, 0.25) is 0 Å². The molecule has 0 fully saturated rings. The summed E-state index contributed by atoms with van der Waals surface area (Å²) in [7, 11) is 0. The molecule has 2 N–H and O–H groups in total. The van der Waals surface area contributed by atoms with Crippen LogP contribution in [0.1, 0.15) is 5.56 Å². The van der Waals surface area contributed by atoms with Crippen molar-refractivity contribution in [1.82, 2.24) is 40.1 Å². The van der Waals surface area contributed by atoms with E-state index in [1.165, 1.54) is 18.5 Å². The second-order valence-electron chi connectivity index (χ2n) is 7.48. The molecule has 5 heterocycles. The Balaban J connectivity index is 1.52. The number of H-pyrrole nitrogens is 2. The number of pyridine rings is 2. The van der Waals surface area contributed by atoms with Crippen LogP contribution in [0.4, 0.5) is 4.39 Å². The Labute approximate surface area is 180 Å². The van der Waals surface area contributed by atoms with E-state index < -0.39 is 0 Å². The van der Waals surface area contributed by atoms with Gasteiger partial charge in [0, 0.05) is 29.7 Å². The standard InChI is InChI=1S/C23H15FN8/c1-12-4-13(6-15(24)5-12)16-9-25-10-19-20(16)30-23(29-19)22-21-18(31-32-22)3-2-17(28-21)14-7-26-11-27-8-14/h2-11H,1H3,(H,29,30)(H,31,32). The molecular weight excluding hydrogens is 407 g/mol. The van der Waals surface area contributed by atoms with E-state index in [4.69, 9.17) is 9.97 Å². The number of nitrogens with one attached hydrogen (secondary N) is 2. The molecule has 0 spiro atoms. The fraction of sp³-hybridized carbons (Fsp3) is 0.0435. The summed E-state index contributed by atoms with van der Waals surface area (Å²) in [6.45, 7) is 1.85. The summed E-state index contributed by atoms with van der Waals surface area (Å²) < 4.78 is 14.0. The Morgan fingerprint density at radius 2 is 1.69 bits per heavy atom. The highest BCUT2D eigenvalue weighted by Crippen LogP contribution is 2.31. The van der Waals surface area contributed by atoms with Crippen molar-refractivity contribution >= 4 is 22.1 Å². The first-order chi connectivity index (χ1) is 15.7. The van der Waals surface area contributed by atoms with Crippen molar-refractivity contribution in [2.75, 3.05) is 0 Å². The maximum Gasteiger partial charge on any atom is 0.161 e. The first kappa shape index (κ1) is 18.3. The van der Waals surface area contributed by atoms with Gasteiger partial charge in [-0.3, -0.25) is 10.1 Å². The lowest BCUT2D eigenvalue weighted by atomic mass is 10.0. The number of nitrogens with zero attached hydrogens (tertiary/aromatic N) is 6. The zero-order chi connectivity index (χ0) is 21.7. The van der Waals surface area contributed by atoms with Crippen LogP contribution in [-0.2, 0) is 0 Å². The van der Waals surface area contributed by atoms with Crippen LogP contribution in [0.5, 0.6) is 0 Å². The quantitative estimate of drug-likeness (QED) is 0.436. The molecule has 0 aliphatic heterocycles. The van der Waals surface area contributed by atoms with E-state index in [2.05, 4.69) is 30.1 Å². The smallest absolute Gasteiger partial charge is 0.161 e. The van der Waals surface area contributed by atoms with Gasteiger partial charge in [0.05, 0.1) is 28.4 Å². The normalized spacial score (nSPS) is 11.4. The van der Waals surface area contributed by atoms with Gasteiger partial charge in [0.1, 0.15) is 17.7 Å². The summed E-state index contributed by atoms with van der Waals surface area (Å²) >= 11 is 0. The van der Waals surface area contributed by atoms with Crippen LogP contribution in [-0.4, -0.2) is 40.1 Å². The van der Waals surface area contributed by atoms with Crippen molar-refractivity contribution in [3.8, 4) is 33.9 Å². The van der Waals surface area contributed by atoms with Crippen molar-refractivity contribution in [2.24, 2.45) is 0 Å². The highest BCUT2D eigenvalue weighted by atomic mass is 19.1. The lowest BCUT2D eigenvalue weighted by molar-refractivity contribution is 0.627. The molecule has 0 bridgehead atoms. The van der Waals surface area contributed by atoms with Gasteiger partial charge in [-0.15, -0.1) is 0 Å². The highest BCUT2D eigenvalue weighted by Gasteiger charge is 2.17. The van der Waals surface area contributed by atoms with E-state index >= 15 is 0 Å². The van der Waals surface area contributed by atoms with Gasteiger partial charge in [0.25, 0.3) is 0 Å². The zero-order valence-electron chi connectivity index (χ0n) is 16.8. The highest BCUT2D eigenvalue weighted by molar-refractivity contribution is 5.95. The fourth-order valence-corrected chi connectivity index (χ4v) is 3.80. The molecule has 0 unspecified atom stereocenters. The van der Waals surface area contributed by atoms with E-state index in [9.17, 15) is 4.39 Å². The van der Waals surface area contributed by atoms with Crippen molar-refractivity contribution in [3.05, 3.63) is 72.8 Å². The molecule has 0 amide bonds. The maximum atomic E-state index is 14.0. The van der Waals surface area contributed by atoms with Gasteiger partial charge in [-0.25, -0.2) is 24.3 Å². The minimum atomic E-state index is -0.298. The van der Waals surface area contributed by atoms with Crippen LogP contribution >= 0.6 is 0 Å². The van der Waals surface area contributed by atoms with Gasteiger partial charge < -0.3 is 4.98 Å². The average molecular weight is 422 g/mol. The summed E-state index contributed by atoms with van der Waals surface area (Å²) in [5, 5.41) is 7.44. The Bertz CT molecular complexity index is 1580. The van der Waals surface area contributed by atoms with E-state index in [1.807, 2.05) is 25.1 Å². The summed E-state index contributed by atoms with van der Waals surface area (Å²) in [6.07, 6.45) is 8.28. The number of halogens is 1. The number of benzene rings is 1. The number of imidazole rings is 1. The van der Waals surface area contributed by atoms with Gasteiger partial charge in [-0.2, -0.15) is 5.10 Å². The molecule has 0 radical (unpaired) electrons. The third kappa shape index (κ3) is 2.99. The maximum absolute atomic E-state index is 14.0. The van der Waals surface area contributed by atoms with Crippen molar-refractivity contribution in [3.63, 3.8) is 0 Å². The molecule has 0 saturated carbocycles. The van der Waals surface area contributed by atoms with Crippen LogP contribution in [0.2, 0.25) is 0 Å². The lowest BCUT2D eigenvalue weighted by Crippen LogP contribution is -1.88. The van der Waals surface area contributed by atoms with Crippen molar-refractivity contribution < 1.29 is 4.39 Å². The van der Waals surface area contributed by atoms with E-state index in [-0.39, 0.29) is 5.82 Å². The number of rotatable bonds is 3. The number of hydrogen-bond acceptors (Lipinski definition) is 6. The molecule has 0 atom stereocenters. The molecule has 6 aromatic rings. The summed E-state index contributed by atoms with van der Waals surface area (Å²) in [5.74, 6) is 0.246. The lowest BCUT2D eigenvalue weighted by Gasteiger charge is -2.04. The number of aromatic nitrogens is 8. The summed E-state index contributed by atoms with van der Waals surface area (Å²) in [4.78, 5) is 25.2. The van der Waals surface area contributed by atoms with Crippen molar-refractivity contribution in [2.45, 2.75) is 6.92 Å². The first-order valence-corrected chi connectivity index (χ1v) is 9.88. The third-order valence-electron chi connectivity index (χ3n) is 5.24. The molecular formula is C23H15FN8. The largest absolute Gasteiger partial charge is 0.335 e. The monoisotopic (exact) mass is 422 g/mol. The van der Waals surface area contributed by atoms with E-state index in [1.54, 1.807) is 24.8 Å². The Morgan fingerprint density at radius 1 is 0.812 bits per heavy atom. The van der Waals surface area contributed by atoms with Gasteiger partial charge in [-0.1, -0.05) is 6.07 Å². The Kier molecular flexibility index (Phi) is 4.00. The van der Waals surface area contributed by atoms with Gasteiger partial charge in [-0.05, 0) is 42.3 Å². The Hall–Kier alpha value is -4.53. The molecule has 9 heteroatoms.